The van der Waals surface area contributed by atoms with E-state index in [0.717, 1.165) is 0 Å². The highest BCUT2D eigenvalue weighted by Crippen LogP contribution is 2.21. The van der Waals surface area contributed by atoms with Crippen LogP contribution in [0.2, 0.25) is 0 Å². The second-order valence-electron chi connectivity index (χ2n) is 3.22. The molecule has 2 heterocycles. The first kappa shape index (κ1) is 9.79. The van der Waals surface area contributed by atoms with Gasteiger partial charge in [-0.15, -0.1) is 0 Å². The number of aliphatic hydroxyl groups is 1. The number of nitrogens with zero attached hydrogens (tertiary/aromatic N) is 3. The Morgan fingerprint density at radius 3 is 2.93 bits per heavy atom. The van der Waals surface area contributed by atoms with Gasteiger partial charge in [-0.2, -0.15) is 5.10 Å². The van der Waals surface area contributed by atoms with Crippen molar-refractivity contribution in [2.45, 2.75) is 6.10 Å². The van der Waals surface area contributed by atoms with Gasteiger partial charge in [-0.25, -0.2) is 4.39 Å². The summed E-state index contributed by atoms with van der Waals surface area (Å²) in [5.74, 6) is -0.520. The van der Waals surface area contributed by atoms with Crippen LogP contribution in [0, 0.1) is 5.82 Å². The molecule has 0 aliphatic heterocycles. The molecular weight excluding hydrogens is 197 g/mol. The Hall–Kier alpha value is -1.75. The molecule has 4 nitrogen and oxygen atoms in total. The van der Waals surface area contributed by atoms with Gasteiger partial charge in [-0.05, 0) is 12.1 Å². The number of aromatic nitrogens is 3. The summed E-state index contributed by atoms with van der Waals surface area (Å²) in [5.41, 5.74) is 0.542. The van der Waals surface area contributed by atoms with Gasteiger partial charge in [0.15, 0.2) is 0 Å². The molecule has 0 aliphatic carbocycles. The number of pyridine rings is 1. The first-order valence-corrected chi connectivity index (χ1v) is 4.45. The van der Waals surface area contributed by atoms with Gasteiger partial charge in [0.05, 0.1) is 6.20 Å². The lowest BCUT2D eigenvalue weighted by Gasteiger charge is -2.07. The van der Waals surface area contributed by atoms with E-state index in [1.165, 1.54) is 24.5 Å². The smallest absolute Gasteiger partial charge is 0.147 e. The van der Waals surface area contributed by atoms with Crippen molar-refractivity contribution in [2.75, 3.05) is 0 Å². The standard InChI is InChI=1S/C10H10FN3O/c1-14-6-7(5-13-14)10(15)9-8(11)3-2-4-12-9/h2-6,10,15H,1H3. The van der Waals surface area contributed by atoms with Crippen molar-refractivity contribution in [3.63, 3.8) is 0 Å². The normalized spacial score (nSPS) is 12.7. The number of aryl methyl sites for hydroxylation is 1. The Balaban J connectivity index is 2.36. The minimum atomic E-state index is -1.07. The van der Waals surface area contributed by atoms with E-state index in [0.29, 0.717) is 5.56 Å². The molecule has 0 aromatic carbocycles. The second-order valence-corrected chi connectivity index (χ2v) is 3.22. The molecule has 0 spiro atoms. The average Bonchev–Trinajstić information content (AvgIpc) is 2.65. The third kappa shape index (κ3) is 1.87. The van der Waals surface area contributed by atoms with Gasteiger partial charge in [-0.1, -0.05) is 0 Å². The van der Waals surface area contributed by atoms with Crippen LogP contribution in [0.15, 0.2) is 30.7 Å². The molecule has 15 heavy (non-hydrogen) atoms. The Kier molecular flexibility index (Phi) is 2.47. The average molecular weight is 207 g/mol. The maximum atomic E-state index is 13.3. The molecular formula is C10H10FN3O. The van der Waals surface area contributed by atoms with E-state index in [9.17, 15) is 9.50 Å². The maximum Gasteiger partial charge on any atom is 0.147 e. The van der Waals surface area contributed by atoms with E-state index in [2.05, 4.69) is 10.1 Å². The Labute approximate surface area is 86.0 Å². The predicted molar refractivity (Wildman–Crippen MR) is 51.5 cm³/mol. The molecule has 78 valence electrons. The molecule has 5 heteroatoms. The van der Waals surface area contributed by atoms with Gasteiger partial charge in [0.25, 0.3) is 0 Å². The van der Waals surface area contributed by atoms with Crippen LogP contribution in [0.1, 0.15) is 17.4 Å². The van der Waals surface area contributed by atoms with Crippen molar-refractivity contribution in [3.05, 3.63) is 47.8 Å². The predicted octanol–water partition coefficient (Wildman–Crippen LogP) is 1.04. The number of rotatable bonds is 2. The van der Waals surface area contributed by atoms with E-state index in [-0.39, 0.29) is 5.69 Å². The van der Waals surface area contributed by atoms with Gasteiger partial charge in [-0.3, -0.25) is 9.67 Å². The lowest BCUT2D eigenvalue weighted by Crippen LogP contribution is -2.04. The fraction of sp³-hybridized carbons (Fsp3) is 0.200. The number of hydrogen-bond donors (Lipinski definition) is 1. The largest absolute Gasteiger partial charge is 0.382 e. The minimum Gasteiger partial charge on any atom is -0.382 e. The van der Waals surface area contributed by atoms with Gasteiger partial charge < -0.3 is 5.11 Å². The summed E-state index contributed by atoms with van der Waals surface area (Å²) in [6.07, 6.45) is 3.48. The summed E-state index contributed by atoms with van der Waals surface area (Å²) in [7, 11) is 1.73. The molecule has 1 atom stereocenters. The quantitative estimate of drug-likeness (QED) is 0.800. The summed E-state index contributed by atoms with van der Waals surface area (Å²) in [5, 5.41) is 13.7. The first-order valence-electron chi connectivity index (χ1n) is 4.45. The number of hydrogen-bond acceptors (Lipinski definition) is 3. The summed E-state index contributed by atoms with van der Waals surface area (Å²) in [6.45, 7) is 0. The highest BCUT2D eigenvalue weighted by atomic mass is 19.1. The lowest BCUT2D eigenvalue weighted by molar-refractivity contribution is 0.209. The summed E-state index contributed by atoms with van der Waals surface area (Å²) >= 11 is 0. The van der Waals surface area contributed by atoms with E-state index < -0.39 is 11.9 Å². The molecule has 1 unspecified atom stereocenters. The van der Waals surface area contributed by atoms with Crippen LogP contribution in [0.4, 0.5) is 4.39 Å². The van der Waals surface area contributed by atoms with Crippen LogP contribution in [0.25, 0.3) is 0 Å². The number of halogens is 1. The van der Waals surface area contributed by atoms with E-state index in [4.69, 9.17) is 0 Å². The zero-order chi connectivity index (χ0) is 10.8. The Bertz CT molecular complexity index is 469. The van der Waals surface area contributed by atoms with Crippen molar-refractivity contribution >= 4 is 0 Å². The SMILES string of the molecule is Cn1cc(C(O)c2ncccc2F)cn1. The van der Waals surface area contributed by atoms with Gasteiger partial charge in [0, 0.05) is 25.0 Å². The van der Waals surface area contributed by atoms with Crippen molar-refractivity contribution < 1.29 is 9.50 Å². The molecule has 0 amide bonds. The topological polar surface area (TPSA) is 50.9 Å². The Morgan fingerprint density at radius 2 is 2.33 bits per heavy atom. The minimum absolute atomic E-state index is 0.0190. The van der Waals surface area contributed by atoms with Crippen molar-refractivity contribution in [2.24, 2.45) is 7.05 Å². The molecule has 2 aromatic rings. The fourth-order valence-electron chi connectivity index (χ4n) is 1.34. The molecule has 0 fully saturated rings. The molecule has 0 radical (unpaired) electrons. The number of aliphatic hydroxyl groups excluding tert-OH is 1. The molecule has 1 N–H and O–H groups in total. The zero-order valence-electron chi connectivity index (χ0n) is 8.13. The van der Waals surface area contributed by atoms with Gasteiger partial charge >= 0.3 is 0 Å². The molecule has 0 saturated carbocycles. The van der Waals surface area contributed by atoms with Crippen LogP contribution in [-0.2, 0) is 7.05 Å². The van der Waals surface area contributed by atoms with Gasteiger partial charge in [0.2, 0.25) is 0 Å². The summed E-state index contributed by atoms with van der Waals surface area (Å²) in [4.78, 5) is 3.80. The van der Waals surface area contributed by atoms with Gasteiger partial charge in [0.1, 0.15) is 17.6 Å². The van der Waals surface area contributed by atoms with Crippen molar-refractivity contribution in [1.29, 1.82) is 0 Å². The lowest BCUT2D eigenvalue weighted by atomic mass is 10.1. The van der Waals surface area contributed by atoms with Crippen LogP contribution in [0.3, 0.4) is 0 Å². The van der Waals surface area contributed by atoms with Crippen molar-refractivity contribution in [1.82, 2.24) is 14.8 Å². The second kappa shape index (κ2) is 3.78. The van der Waals surface area contributed by atoms with Crippen molar-refractivity contribution in [3.8, 4) is 0 Å². The van der Waals surface area contributed by atoms with Crippen LogP contribution in [-0.4, -0.2) is 19.9 Å². The Morgan fingerprint density at radius 1 is 1.53 bits per heavy atom. The molecule has 2 aromatic heterocycles. The molecule has 2 rings (SSSR count). The van der Waals surface area contributed by atoms with E-state index in [1.54, 1.807) is 17.9 Å². The van der Waals surface area contributed by atoms with E-state index in [1.807, 2.05) is 0 Å². The highest BCUT2D eigenvalue weighted by molar-refractivity contribution is 5.22. The summed E-state index contributed by atoms with van der Waals surface area (Å²) in [6, 6.07) is 2.75. The van der Waals surface area contributed by atoms with E-state index >= 15 is 0 Å². The molecule has 0 saturated heterocycles. The fourth-order valence-corrected chi connectivity index (χ4v) is 1.34. The third-order valence-electron chi connectivity index (χ3n) is 2.09. The van der Waals surface area contributed by atoms with Crippen LogP contribution < -0.4 is 0 Å². The summed E-state index contributed by atoms with van der Waals surface area (Å²) < 4.78 is 14.8. The van der Waals surface area contributed by atoms with Crippen LogP contribution in [0.5, 0.6) is 0 Å². The third-order valence-corrected chi connectivity index (χ3v) is 2.09. The molecule has 0 bridgehead atoms. The monoisotopic (exact) mass is 207 g/mol. The first-order chi connectivity index (χ1) is 7.18. The highest BCUT2D eigenvalue weighted by Gasteiger charge is 2.17. The zero-order valence-corrected chi connectivity index (χ0v) is 8.13. The molecule has 0 aliphatic rings. The maximum absolute atomic E-state index is 13.3. The van der Waals surface area contributed by atoms with Crippen LogP contribution >= 0.6 is 0 Å².